The van der Waals surface area contributed by atoms with E-state index in [0.29, 0.717) is 24.2 Å². The normalized spacial score (nSPS) is 10.4. The Kier molecular flexibility index (Phi) is 4.58. The third-order valence-corrected chi connectivity index (χ3v) is 3.47. The number of carbonyl (C=O) groups is 1. The van der Waals surface area contributed by atoms with E-state index < -0.39 is 0 Å². The van der Waals surface area contributed by atoms with Crippen LogP contribution in [-0.4, -0.2) is 12.5 Å². The molecule has 0 aromatic heterocycles. The quantitative estimate of drug-likeness (QED) is 0.849. The van der Waals surface area contributed by atoms with Crippen molar-refractivity contribution in [3.05, 3.63) is 64.5 Å². The summed E-state index contributed by atoms with van der Waals surface area (Å²) >= 11 is 0. The number of hydrogen-bond donors (Lipinski definition) is 2. The van der Waals surface area contributed by atoms with Gasteiger partial charge < -0.3 is 11.1 Å². The second kappa shape index (κ2) is 6.39. The van der Waals surface area contributed by atoms with Crippen LogP contribution in [0.4, 0.5) is 10.1 Å². The molecule has 0 heterocycles. The standard InChI is InChI=1S/C17H19FN2O/c1-11-9-12(2)16(19)10-15(11)17(21)20-8-7-13-3-5-14(18)6-4-13/h3-6,9-10H,7-8,19H2,1-2H3,(H,20,21). The Morgan fingerprint density at radius 3 is 2.48 bits per heavy atom. The molecule has 2 aromatic rings. The molecule has 0 bridgehead atoms. The van der Waals surface area contributed by atoms with Gasteiger partial charge in [0.2, 0.25) is 0 Å². The number of aryl methyl sites for hydroxylation is 2. The molecule has 2 rings (SSSR count). The first-order valence-electron chi connectivity index (χ1n) is 6.86. The maximum absolute atomic E-state index is 12.8. The summed E-state index contributed by atoms with van der Waals surface area (Å²) in [5.74, 6) is -0.394. The fourth-order valence-electron chi connectivity index (χ4n) is 2.18. The van der Waals surface area contributed by atoms with Gasteiger partial charge in [0.15, 0.2) is 0 Å². The first-order valence-corrected chi connectivity index (χ1v) is 6.86. The monoisotopic (exact) mass is 286 g/mol. The minimum atomic E-state index is -0.256. The zero-order valence-corrected chi connectivity index (χ0v) is 12.2. The SMILES string of the molecule is Cc1cc(C)c(C(=O)NCCc2ccc(F)cc2)cc1N. The molecule has 1 amide bonds. The molecule has 0 saturated carbocycles. The van der Waals surface area contributed by atoms with Crippen molar-refractivity contribution in [1.29, 1.82) is 0 Å². The average Bonchev–Trinajstić information content (AvgIpc) is 2.45. The van der Waals surface area contributed by atoms with Crippen LogP contribution in [-0.2, 0) is 6.42 Å². The predicted octanol–water partition coefficient (Wildman–Crippen LogP) is 3.00. The maximum atomic E-state index is 12.8. The summed E-state index contributed by atoms with van der Waals surface area (Å²) in [5.41, 5.74) is 9.91. The minimum Gasteiger partial charge on any atom is -0.398 e. The average molecular weight is 286 g/mol. The molecule has 0 saturated heterocycles. The van der Waals surface area contributed by atoms with Gasteiger partial charge in [-0.2, -0.15) is 0 Å². The van der Waals surface area contributed by atoms with Gasteiger partial charge in [0, 0.05) is 17.8 Å². The molecule has 110 valence electrons. The van der Waals surface area contributed by atoms with Crippen LogP contribution in [0.3, 0.4) is 0 Å². The number of carbonyl (C=O) groups excluding carboxylic acids is 1. The highest BCUT2D eigenvalue weighted by atomic mass is 19.1. The summed E-state index contributed by atoms with van der Waals surface area (Å²) in [5, 5.41) is 2.86. The number of nitrogens with two attached hydrogens (primary N) is 1. The summed E-state index contributed by atoms with van der Waals surface area (Å²) in [7, 11) is 0. The molecule has 0 radical (unpaired) electrons. The Morgan fingerprint density at radius 2 is 1.81 bits per heavy atom. The van der Waals surface area contributed by atoms with E-state index in [1.54, 1.807) is 18.2 Å². The molecular weight excluding hydrogens is 267 g/mol. The summed E-state index contributed by atoms with van der Waals surface area (Å²) < 4.78 is 12.8. The fraction of sp³-hybridized carbons (Fsp3) is 0.235. The topological polar surface area (TPSA) is 55.1 Å². The van der Waals surface area contributed by atoms with Crippen LogP contribution in [0.15, 0.2) is 36.4 Å². The summed E-state index contributed by atoms with van der Waals surface area (Å²) in [4.78, 5) is 12.1. The van der Waals surface area contributed by atoms with Crippen molar-refractivity contribution >= 4 is 11.6 Å². The Labute approximate surface area is 124 Å². The third-order valence-electron chi connectivity index (χ3n) is 3.47. The Balaban J connectivity index is 1.96. The van der Waals surface area contributed by atoms with Gasteiger partial charge in [0.25, 0.3) is 5.91 Å². The molecule has 3 N–H and O–H groups in total. The number of benzene rings is 2. The first-order chi connectivity index (χ1) is 9.97. The molecule has 0 aliphatic carbocycles. The lowest BCUT2D eigenvalue weighted by molar-refractivity contribution is 0.0953. The number of rotatable bonds is 4. The van der Waals surface area contributed by atoms with Gasteiger partial charge in [-0.05, 0) is 55.2 Å². The number of anilines is 1. The molecule has 0 aliphatic rings. The van der Waals surface area contributed by atoms with Gasteiger partial charge in [-0.3, -0.25) is 4.79 Å². The van der Waals surface area contributed by atoms with E-state index in [1.807, 2.05) is 19.9 Å². The number of halogens is 1. The second-order valence-electron chi connectivity index (χ2n) is 5.16. The summed E-state index contributed by atoms with van der Waals surface area (Å²) in [6, 6.07) is 9.89. The molecule has 21 heavy (non-hydrogen) atoms. The van der Waals surface area contributed by atoms with E-state index in [0.717, 1.165) is 16.7 Å². The molecule has 2 aromatic carbocycles. The molecule has 0 fully saturated rings. The van der Waals surface area contributed by atoms with Crippen molar-refractivity contribution < 1.29 is 9.18 Å². The van der Waals surface area contributed by atoms with Crippen LogP contribution in [0, 0.1) is 19.7 Å². The van der Waals surface area contributed by atoms with E-state index in [4.69, 9.17) is 5.73 Å². The van der Waals surface area contributed by atoms with Gasteiger partial charge >= 0.3 is 0 Å². The Hall–Kier alpha value is -2.36. The number of amides is 1. The van der Waals surface area contributed by atoms with Crippen LogP contribution in [0.5, 0.6) is 0 Å². The molecular formula is C17H19FN2O. The molecule has 0 aliphatic heterocycles. The first kappa shape index (κ1) is 15.0. The largest absolute Gasteiger partial charge is 0.398 e. The van der Waals surface area contributed by atoms with Crippen LogP contribution >= 0.6 is 0 Å². The van der Waals surface area contributed by atoms with Gasteiger partial charge in [-0.1, -0.05) is 18.2 Å². The van der Waals surface area contributed by atoms with E-state index in [1.165, 1.54) is 12.1 Å². The van der Waals surface area contributed by atoms with Crippen LogP contribution in [0.2, 0.25) is 0 Å². The van der Waals surface area contributed by atoms with E-state index in [2.05, 4.69) is 5.32 Å². The molecule has 4 heteroatoms. The van der Waals surface area contributed by atoms with Crippen molar-refractivity contribution in [1.82, 2.24) is 5.32 Å². The lowest BCUT2D eigenvalue weighted by atomic mass is 10.0. The predicted molar refractivity (Wildman–Crippen MR) is 82.8 cm³/mol. The van der Waals surface area contributed by atoms with E-state index in [9.17, 15) is 9.18 Å². The zero-order chi connectivity index (χ0) is 15.4. The Morgan fingerprint density at radius 1 is 1.14 bits per heavy atom. The molecule has 0 unspecified atom stereocenters. The molecule has 0 spiro atoms. The maximum Gasteiger partial charge on any atom is 0.251 e. The van der Waals surface area contributed by atoms with Gasteiger partial charge in [0.1, 0.15) is 5.82 Å². The second-order valence-corrected chi connectivity index (χ2v) is 5.16. The highest BCUT2D eigenvalue weighted by Crippen LogP contribution is 2.17. The van der Waals surface area contributed by atoms with Crippen molar-refractivity contribution in [3.8, 4) is 0 Å². The van der Waals surface area contributed by atoms with Crippen LogP contribution < -0.4 is 11.1 Å². The van der Waals surface area contributed by atoms with E-state index in [-0.39, 0.29) is 11.7 Å². The fourth-order valence-corrected chi connectivity index (χ4v) is 2.18. The van der Waals surface area contributed by atoms with Crippen LogP contribution in [0.25, 0.3) is 0 Å². The minimum absolute atomic E-state index is 0.138. The van der Waals surface area contributed by atoms with Crippen LogP contribution in [0.1, 0.15) is 27.0 Å². The number of hydrogen-bond acceptors (Lipinski definition) is 2. The number of nitrogens with one attached hydrogen (secondary N) is 1. The van der Waals surface area contributed by atoms with Crippen molar-refractivity contribution in [2.24, 2.45) is 0 Å². The highest BCUT2D eigenvalue weighted by Gasteiger charge is 2.10. The third kappa shape index (κ3) is 3.81. The number of nitrogen functional groups attached to an aromatic ring is 1. The van der Waals surface area contributed by atoms with Crippen molar-refractivity contribution in [3.63, 3.8) is 0 Å². The summed E-state index contributed by atoms with van der Waals surface area (Å²) in [6.07, 6.45) is 0.659. The van der Waals surface area contributed by atoms with Crippen molar-refractivity contribution in [2.45, 2.75) is 20.3 Å². The highest BCUT2D eigenvalue weighted by molar-refractivity contribution is 5.96. The van der Waals surface area contributed by atoms with Gasteiger partial charge in [-0.25, -0.2) is 4.39 Å². The lowest BCUT2D eigenvalue weighted by Gasteiger charge is -2.10. The van der Waals surface area contributed by atoms with Gasteiger partial charge in [0.05, 0.1) is 0 Å². The lowest BCUT2D eigenvalue weighted by Crippen LogP contribution is -2.26. The van der Waals surface area contributed by atoms with Crippen molar-refractivity contribution in [2.75, 3.05) is 12.3 Å². The van der Waals surface area contributed by atoms with Gasteiger partial charge in [-0.15, -0.1) is 0 Å². The zero-order valence-electron chi connectivity index (χ0n) is 12.2. The van der Waals surface area contributed by atoms with E-state index >= 15 is 0 Å². The molecule has 0 atom stereocenters. The molecule has 3 nitrogen and oxygen atoms in total. The smallest absolute Gasteiger partial charge is 0.251 e. The summed E-state index contributed by atoms with van der Waals surface area (Å²) in [6.45, 7) is 4.30. The Bertz CT molecular complexity index is 651.